The zero-order valence-corrected chi connectivity index (χ0v) is 12.9. The highest BCUT2D eigenvalue weighted by molar-refractivity contribution is 9.10. The molecule has 0 bridgehead atoms. The lowest BCUT2D eigenvalue weighted by atomic mass is 10.1. The molecular formula is C15H22BrNO2. The molecule has 0 aromatic heterocycles. The molecular weight excluding hydrogens is 306 g/mol. The third kappa shape index (κ3) is 5.13. The molecule has 2 rings (SSSR count). The van der Waals surface area contributed by atoms with Crippen LogP contribution in [0.4, 0.5) is 0 Å². The van der Waals surface area contributed by atoms with Gasteiger partial charge in [-0.2, -0.15) is 0 Å². The van der Waals surface area contributed by atoms with Crippen LogP contribution < -0.4 is 10.1 Å². The maximum Gasteiger partial charge on any atom is 0.120 e. The number of aliphatic hydroxyl groups is 1. The Morgan fingerprint density at radius 3 is 3.00 bits per heavy atom. The van der Waals surface area contributed by atoms with Crippen molar-refractivity contribution in [3.63, 3.8) is 0 Å². The van der Waals surface area contributed by atoms with Gasteiger partial charge in [0, 0.05) is 17.1 Å². The monoisotopic (exact) mass is 327 g/mol. The average Bonchev–Trinajstić information content (AvgIpc) is 2.80. The number of ether oxygens (including phenoxy) is 1. The largest absolute Gasteiger partial charge is 0.491 e. The van der Waals surface area contributed by atoms with Crippen LogP contribution in [0.2, 0.25) is 0 Å². The van der Waals surface area contributed by atoms with E-state index in [1.165, 1.54) is 19.3 Å². The van der Waals surface area contributed by atoms with Crippen molar-refractivity contribution in [1.29, 1.82) is 0 Å². The van der Waals surface area contributed by atoms with Gasteiger partial charge in [-0.15, -0.1) is 0 Å². The Morgan fingerprint density at radius 2 is 2.32 bits per heavy atom. The molecule has 1 aliphatic carbocycles. The van der Waals surface area contributed by atoms with Crippen LogP contribution in [0.3, 0.4) is 0 Å². The molecule has 0 aliphatic heterocycles. The van der Waals surface area contributed by atoms with E-state index in [2.05, 4.69) is 28.2 Å². The zero-order valence-electron chi connectivity index (χ0n) is 11.3. The SMILES string of the molecule is CC1CCC(NCC(O)COc2cccc(Br)c2)C1. The zero-order chi connectivity index (χ0) is 13.7. The van der Waals surface area contributed by atoms with E-state index >= 15 is 0 Å². The van der Waals surface area contributed by atoms with Crippen LogP contribution in [0.5, 0.6) is 5.75 Å². The van der Waals surface area contributed by atoms with E-state index in [0.717, 1.165) is 16.1 Å². The van der Waals surface area contributed by atoms with Crippen molar-refractivity contribution in [3.05, 3.63) is 28.7 Å². The van der Waals surface area contributed by atoms with E-state index in [0.29, 0.717) is 19.2 Å². The number of benzene rings is 1. The summed E-state index contributed by atoms with van der Waals surface area (Å²) in [6.45, 7) is 3.21. The quantitative estimate of drug-likeness (QED) is 0.844. The van der Waals surface area contributed by atoms with Crippen LogP contribution in [0.25, 0.3) is 0 Å². The van der Waals surface area contributed by atoms with Crippen molar-refractivity contribution >= 4 is 15.9 Å². The average molecular weight is 328 g/mol. The van der Waals surface area contributed by atoms with Crippen LogP contribution in [0.15, 0.2) is 28.7 Å². The van der Waals surface area contributed by atoms with Gasteiger partial charge < -0.3 is 15.2 Å². The number of halogens is 1. The molecule has 3 atom stereocenters. The summed E-state index contributed by atoms with van der Waals surface area (Å²) in [7, 11) is 0. The van der Waals surface area contributed by atoms with E-state index < -0.39 is 6.10 Å². The Bertz CT molecular complexity index is 399. The first-order chi connectivity index (χ1) is 9.13. The molecule has 4 heteroatoms. The van der Waals surface area contributed by atoms with Crippen LogP contribution in [-0.2, 0) is 0 Å². The smallest absolute Gasteiger partial charge is 0.120 e. The summed E-state index contributed by atoms with van der Waals surface area (Å²) in [4.78, 5) is 0. The van der Waals surface area contributed by atoms with Crippen LogP contribution in [0, 0.1) is 5.92 Å². The molecule has 0 heterocycles. The topological polar surface area (TPSA) is 41.5 Å². The second-order valence-electron chi connectivity index (χ2n) is 5.45. The number of hydrogen-bond acceptors (Lipinski definition) is 3. The lowest BCUT2D eigenvalue weighted by Gasteiger charge is -2.17. The lowest BCUT2D eigenvalue weighted by Crippen LogP contribution is -2.36. The molecule has 1 aromatic carbocycles. The molecule has 3 unspecified atom stereocenters. The van der Waals surface area contributed by atoms with Crippen molar-refractivity contribution in [2.75, 3.05) is 13.2 Å². The fourth-order valence-electron chi connectivity index (χ4n) is 2.50. The second-order valence-corrected chi connectivity index (χ2v) is 6.36. The van der Waals surface area contributed by atoms with E-state index in [-0.39, 0.29) is 0 Å². The highest BCUT2D eigenvalue weighted by atomic mass is 79.9. The van der Waals surface area contributed by atoms with Gasteiger partial charge >= 0.3 is 0 Å². The van der Waals surface area contributed by atoms with Crippen LogP contribution >= 0.6 is 15.9 Å². The molecule has 0 radical (unpaired) electrons. The molecule has 1 aliphatic rings. The summed E-state index contributed by atoms with van der Waals surface area (Å²) in [5.41, 5.74) is 0. The van der Waals surface area contributed by atoms with Gasteiger partial charge in [0.1, 0.15) is 18.5 Å². The van der Waals surface area contributed by atoms with Gasteiger partial charge in [0.2, 0.25) is 0 Å². The highest BCUT2D eigenvalue weighted by Gasteiger charge is 2.21. The second kappa shape index (κ2) is 7.27. The molecule has 1 fully saturated rings. The van der Waals surface area contributed by atoms with Crippen molar-refractivity contribution in [2.45, 2.75) is 38.3 Å². The maximum atomic E-state index is 9.91. The van der Waals surface area contributed by atoms with E-state index in [1.54, 1.807) is 0 Å². The molecule has 1 saturated carbocycles. The van der Waals surface area contributed by atoms with Gasteiger partial charge in [-0.1, -0.05) is 28.9 Å². The number of hydrogen-bond donors (Lipinski definition) is 2. The van der Waals surface area contributed by atoms with Crippen molar-refractivity contribution in [3.8, 4) is 5.75 Å². The minimum Gasteiger partial charge on any atom is -0.491 e. The summed E-state index contributed by atoms with van der Waals surface area (Å²) in [5.74, 6) is 1.59. The van der Waals surface area contributed by atoms with E-state index in [4.69, 9.17) is 4.74 Å². The van der Waals surface area contributed by atoms with Gasteiger partial charge in [0.15, 0.2) is 0 Å². The molecule has 19 heavy (non-hydrogen) atoms. The first-order valence-corrected chi connectivity index (χ1v) is 7.72. The highest BCUT2D eigenvalue weighted by Crippen LogP contribution is 2.24. The Hall–Kier alpha value is -0.580. The fraction of sp³-hybridized carbons (Fsp3) is 0.600. The normalized spacial score (nSPS) is 24.4. The summed E-state index contributed by atoms with van der Waals surface area (Å²) < 4.78 is 6.55. The van der Waals surface area contributed by atoms with Gasteiger partial charge in [-0.05, 0) is 43.4 Å². The molecule has 0 amide bonds. The summed E-state index contributed by atoms with van der Waals surface area (Å²) >= 11 is 3.40. The number of rotatable bonds is 6. The summed E-state index contributed by atoms with van der Waals surface area (Å²) in [6.07, 6.45) is 3.27. The maximum absolute atomic E-state index is 9.91. The third-order valence-electron chi connectivity index (χ3n) is 3.58. The Balaban J connectivity index is 1.65. The Labute approximate surface area is 123 Å². The number of aliphatic hydroxyl groups excluding tert-OH is 1. The van der Waals surface area contributed by atoms with Crippen LogP contribution in [-0.4, -0.2) is 30.4 Å². The van der Waals surface area contributed by atoms with Gasteiger partial charge in [-0.25, -0.2) is 0 Å². The minimum atomic E-state index is -0.463. The predicted octanol–water partition coefficient (Wildman–Crippen LogP) is 2.97. The lowest BCUT2D eigenvalue weighted by molar-refractivity contribution is 0.103. The molecule has 1 aromatic rings. The van der Waals surface area contributed by atoms with Gasteiger partial charge in [-0.3, -0.25) is 0 Å². The van der Waals surface area contributed by atoms with Gasteiger partial charge in [0.05, 0.1) is 0 Å². The first-order valence-electron chi connectivity index (χ1n) is 6.93. The van der Waals surface area contributed by atoms with Crippen molar-refractivity contribution in [2.24, 2.45) is 5.92 Å². The predicted molar refractivity (Wildman–Crippen MR) is 80.4 cm³/mol. The van der Waals surface area contributed by atoms with E-state index in [1.807, 2.05) is 24.3 Å². The third-order valence-corrected chi connectivity index (χ3v) is 4.07. The van der Waals surface area contributed by atoms with Crippen molar-refractivity contribution in [1.82, 2.24) is 5.32 Å². The fourth-order valence-corrected chi connectivity index (χ4v) is 2.88. The molecule has 106 valence electrons. The van der Waals surface area contributed by atoms with Gasteiger partial charge in [0.25, 0.3) is 0 Å². The summed E-state index contributed by atoms with van der Waals surface area (Å²) in [6, 6.07) is 8.23. The Kier molecular flexibility index (Phi) is 5.67. The minimum absolute atomic E-state index is 0.325. The molecule has 2 N–H and O–H groups in total. The Morgan fingerprint density at radius 1 is 1.47 bits per heavy atom. The van der Waals surface area contributed by atoms with E-state index in [9.17, 15) is 5.11 Å². The summed E-state index contributed by atoms with van der Waals surface area (Å²) in [5, 5.41) is 13.3. The van der Waals surface area contributed by atoms with Crippen LogP contribution in [0.1, 0.15) is 26.2 Å². The number of nitrogens with one attached hydrogen (secondary N) is 1. The van der Waals surface area contributed by atoms with Crippen molar-refractivity contribution < 1.29 is 9.84 Å². The molecule has 0 spiro atoms. The molecule has 0 saturated heterocycles. The molecule has 3 nitrogen and oxygen atoms in total. The standard InChI is InChI=1S/C15H22BrNO2/c1-11-5-6-13(7-11)17-9-14(18)10-19-15-4-2-3-12(16)8-15/h2-4,8,11,13-14,17-18H,5-7,9-10H2,1H3. The first kappa shape index (κ1) is 14.8.